The van der Waals surface area contributed by atoms with Crippen molar-refractivity contribution in [3.05, 3.63) is 35.4 Å². The van der Waals surface area contributed by atoms with E-state index in [2.05, 4.69) is 52.0 Å². The molecule has 106 valence electrons. The minimum absolute atomic E-state index is 0.137. The largest absolute Gasteiger partial charge is 0.465 e. The van der Waals surface area contributed by atoms with E-state index >= 15 is 0 Å². The molecule has 0 N–H and O–H groups in total. The molecule has 1 atom stereocenters. The van der Waals surface area contributed by atoms with E-state index in [0.29, 0.717) is 12.5 Å². The van der Waals surface area contributed by atoms with Gasteiger partial charge >= 0.3 is 5.97 Å². The number of benzene rings is 1. The van der Waals surface area contributed by atoms with Gasteiger partial charge in [0.2, 0.25) is 0 Å². The minimum Gasteiger partial charge on any atom is -0.465 e. The lowest BCUT2D eigenvalue weighted by Crippen LogP contribution is -2.39. The summed E-state index contributed by atoms with van der Waals surface area (Å²) in [7, 11) is 0. The van der Waals surface area contributed by atoms with Gasteiger partial charge in [-0.1, -0.05) is 52.0 Å². The van der Waals surface area contributed by atoms with E-state index in [-0.39, 0.29) is 11.9 Å². The Kier molecular flexibility index (Phi) is 5.16. The fourth-order valence-corrected chi connectivity index (χ4v) is 2.18. The van der Waals surface area contributed by atoms with Crippen LogP contribution in [0.4, 0.5) is 0 Å². The highest BCUT2D eigenvalue weighted by atomic mass is 16.5. The van der Waals surface area contributed by atoms with Gasteiger partial charge in [0, 0.05) is 0 Å². The normalized spacial score (nSPS) is 14.5. The highest BCUT2D eigenvalue weighted by Crippen LogP contribution is 2.34. The smallest absolute Gasteiger partial charge is 0.316 e. The van der Waals surface area contributed by atoms with Crippen LogP contribution >= 0.6 is 0 Å². The molecule has 1 rings (SSSR count). The van der Waals surface area contributed by atoms with E-state index in [1.807, 2.05) is 13.8 Å². The molecule has 0 bridgehead atoms. The van der Waals surface area contributed by atoms with Crippen LogP contribution in [0.15, 0.2) is 24.3 Å². The van der Waals surface area contributed by atoms with Gasteiger partial charge < -0.3 is 4.74 Å². The van der Waals surface area contributed by atoms with Gasteiger partial charge in [-0.2, -0.15) is 0 Å². The molecule has 0 saturated carbocycles. The van der Waals surface area contributed by atoms with Gasteiger partial charge in [0.05, 0.1) is 12.0 Å². The summed E-state index contributed by atoms with van der Waals surface area (Å²) in [6, 6.07) is 8.35. The molecule has 0 amide bonds. The minimum atomic E-state index is -0.578. The summed E-state index contributed by atoms with van der Waals surface area (Å²) in [5, 5.41) is 0. The SMILES string of the molecule is CCOC(=O)C(C)(c1ccc(C(C)C)cc1)C(C)C. The Balaban J connectivity index is 3.15. The molecule has 0 saturated heterocycles. The predicted molar refractivity (Wildman–Crippen MR) is 79.4 cm³/mol. The highest BCUT2D eigenvalue weighted by molar-refractivity contribution is 5.83. The molecular weight excluding hydrogens is 236 g/mol. The first-order chi connectivity index (χ1) is 8.83. The lowest BCUT2D eigenvalue weighted by atomic mass is 9.73. The zero-order valence-electron chi connectivity index (χ0n) is 13.0. The van der Waals surface area contributed by atoms with Gasteiger partial charge in [-0.25, -0.2) is 0 Å². The number of ether oxygens (including phenoxy) is 1. The first-order valence-electron chi connectivity index (χ1n) is 7.11. The topological polar surface area (TPSA) is 26.3 Å². The molecule has 0 aliphatic rings. The Hall–Kier alpha value is -1.31. The molecule has 2 nitrogen and oxygen atoms in total. The Morgan fingerprint density at radius 3 is 2.05 bits per heavy atom. The third-order valence-electron chi connectivity index (χ3n) is 4.03. The van der Waals surface area contributed by atoms with Crippen LogP contribution < -0.4 is 0 Å². The van der Waals surface area contributed by atoms with Crippen LogP contribution in [0.25, 0.3) is 0 Å². The molecule has 2 heteroatoms. The van der Waals surface area contributed by atoms with Crippen molar-refractivity contribution in [1.82, 2.24) is 0 Å². The average Bonchev–Trinajstić information content (AvgIpc) is 2.37. The van der Waals surface area contributed by atoms with Crippen molar-refractivity contribution in [3.8, 4) is 0 Å². The maximum absolute atomic E-state index is 12.3. The summed E-state index contributed by atoms with van der Waals surface area (Å²) in [4.78, 5) is 12.3. The number of carbonyl (C=O) groups excluding carboxylic acids is 1. The van der Waals surface area contributed by atoms with Crippen molar-refractivity contribution in [2.75, 3.05) is 6.61 Å². The molecule has 0 aliphatic carbocycles. The monoisotopic (exact) mass is 262 g/mol. The van der Waals surface area contributed by atoms with Crippen LogP contribution in [0.2, 0.25) is 0 Å². The van der Waals surface area contributed by atoms with Crippen molar-refractivity contribution in [3.63, 3.8) is 0 Å². The lowest BCUT2D eigenvalue weighted by molar-refractivity contribution is -0.151. The van der Waals surface area contributed by atoms with E-state index in [4.69, 9.17) is 4.74 Å². The number of hydrogen-bond donors (Lipinski definition) is 0. The fraction of sp³-hybridized carbons (Fsp3) is 0.588. The third kappa shape index (κ3) is 3.17. The zero-order chi connectivity index (χ0) is 14.6. The van der Waals surface area contributed by atoms with Crippen LogP contribution in [0.1, 0.15) is 58.6 Å². The van der Waals surface area contributed by atoms with Gasteiger partial charge in [-0.15, -0.1) is 0 Å². The molecule has 0 heterocycles. The Morgan fingerprint density at radius 2 is 1.68 bits per heavy atom. The molecule has 0 spiro atoms. The number of hydrogen-bond acceptors (Lipinski definition) is 2. The molecule has 0 fully saturated rings. The van der Waals surface area contributed by atoms with Gasteiger partial charge in [0.15, 0.2) is 0 Å². The van der Waals surface area contributed by atoms with Crippen LogP contribution in [0.3, 0.4) is 0 Å². The Bertz CT molecular complexity index is 417. The van der Waals surface area contributed by atoms with E-state index in [9.17, 15) is 4.79 Å². The average molecular weight is 262 g/mol. The van der Waals surface area contributed by atoms with E-state index < -0.39 is 5.41 Å². The Morgan fingerprint density at radius 1 is 1.16 bits per heavy atom. The van der Waals surface area contributed by atoms with Crippen molar-refractivity contribution < 1.29 is 9.53 Å². The molecule has 0 radical (unpaired) electrons. The summed E-state index contributed by atoms with van der Waals surface area (Å²) >= 11 is 0. The summed E-state index contributed by atoms with van der Waals surface area (Å²) < 4.78 is 5.26. The van der Waals surface area contributed by atoms with Gasteiger partial charge in [0.1, 0.15) is 0 Å². The number of esters is 1. The molecule has 0 aromatic heterocycles. The molecule has 1 unspecified atom stereocenters. The van der Waals surface area contributed by atoms with E-state index in [0.717, 1.165) is 5.56 Å². The zero-order valence-corrected chi connectivity index (χ0v) is 13.0. The quantitative estimate of drug-likeness (QED) is 0.740. The van der Waals surface area contributed by atoms with Crippen LogP contribution in [0, 0.1) is 5.92 Å². The molecular formula is C17H26O2. The second-order valence-corrected chi connectivity index (χ2v) is 5.85. The summed E-state index contributed by atoms with van der Waals surface area (Å²) in [5.41, 5.74) is 1.75. The number of carbonyl (C=O) groups is 1. The van der Waals surface area contributed by atoms with E-state index in [1.165, 1.54) is 5.56 Å². The first-order valence-corrected chi connectivity index (χ1v) is 7.11. The Labute approximate surface area is 117 Å². The number of rotatable bonds is 5. The van der Waals surface area contributed by atoms with Gasteiger partial charge in [0.25, 0.3) is 0 Å². The fourth-order valence-electron chi connectivity index (χ4n) is 2.18. The van der Waals surface area contributed by atoms with Gasteiger partial charge in [-0.05, 0) is 36.8 Å². The predicted octanol–water partition coefficient (Wildman–Crippen LogP) is 4.29. The maximum atomic E-state index is 12.3. The maximum Gasteiger partial charge on any atom is 0.316 e. The lowest BCUT2D eigenvalue weighted by Gasteiger charge is -2.32. The van der Waals surface area contributed by atoms with Crippen molar-refractivity contribution in [1.29, 1.82) is 0 Å². The first kappa shape index (κ1) is 15.7. The molecule has 19 heavy (non-hydrogen) atoms. The molecule has 1 aromatic carbocycles. The van der Waals surface area contributed by atoms with Crippen molar-refractivity contribution >= 4 is 5.97 Å². The molecule has 0 aliphatic heterocycles. The second-order valence-electron chi connectivity index (χ2n) is 5.85. The standard InChI is InChI=1S/C17H26O2/c1-7-19-16(18)17(6,13(4)5)15-10-8-14(9-11-15)12(2)3/h8-13H,7H2,1-6H3. The summed E-state index contributed by atoms with van der Waals surface area (Å²) in [6.07, 6.45) is 0. The summed E-state index contributed by atoms with van der Waals surface area (Å²) in [5.74, 6) is 0.556. The second kappa shape index (κ2) is 6.23. The highest BCUT2D eigenvalue weighted by Gasteiger charge is 2.39. The van der Waals surface area contributed by atoms with Gasteiger partial charge in [-0.3, -0.25) is 4.79 Å². The molecule has 1 aromatic rings. The third-order valence-corrected chi connectivity index (χ3v) is 4.03. The van der Waals surface area contributed by atoms with Crippen molar-refractivity contribution in [2.24, 2.45) is 5.92 Å². The van der Waals surface area contributed by atoms with Crippen LogP contribution in [0.5, 0.6) is 0 Å². The summed E-state index contributed by atoms with van der Waals surface area (Å²) in [6.45, 7) is 12.7. The van der Waals surface area contributed by atoms with Crippen LogP contribution in [-0.4, -0.2) is 12.6 Å². The van der Waals surface area contributed by atoms with E-state index in [1.54, 1.807) is 0 Å². The van der Waals surface area contributed by atoms with Crippen molar-refractivity contribution in [2.45, 2.75) is 52.9 Å². The van der Waals surface area contributed by atoms with Crippen LogP contribution in [-0.2, 0) is 14.9 Å².